The molecule has 0 aliphatic heterocycles. The Morgan fingerprint density at radius 3 is 2.23 bits per heavy atom. The van der Waals surface area contributed by atoms with Crippen LogP contribution in [0.3, 0.4) is 0 Å². The molecule has 0 radical (unpaired) electrons. The van der Waals surface area contributed by atoms with E-state index in [2.05, 4.69) is 10.1 Å². The van der Waals surface area contributed by atoms with E-state index in [9.17, 15) is 13.2 Å². The summed E-state index contributed by atoms with van der Waals surface area (Å²) in [5, 5.41) is 3.75. The Kier molecular flexibility index (Phi) is 4.95. The van der Waals surface area contributed by atoms with Gasteiger partial charge in [-0.15, -0.1) is 11.8 Å². The van der Waals surface area contributed by atoms with Crippen LogP contribution in [0.25, 0.3) is 17.1 Å². The minimum Gasteiger partial charge on any atom is -0.378 e. The van der Waals surface area contributed by atoms with Crippen LogP contribution in [0.5, 0.6) is 0 Å². The summed E-state index contributed by atoms with van der Waals surface area (Å²) in [7, 11) is 3.80. The van der Waals surface area contributed by atoms with Gasteiger partial charge in [0.25, 0.3) is 0 Å². The molecule has 2 heterocycles. The number of benzene rings is 1. The highest BCUT2D eigenvalue weighted by Gasteiger charge is 2.35. The fourth-order valence-electron chi connectivity index (χ4n) is 2.45. The SMILES string of the molecule is CSc1ccc(-n2nc(C(F)(F)F)cc2-c2ccc(N(C)C)cc2)nc1. The van der Waals surface area contributed by atoms with Crippen LogP contribution < -0.4 is 4.90 Å². The number of pyridine rings is 1. The van der Waals surface area contributed by atoms with Gasteiger partial charge in [-0.1, -0.05) is 12.1 Å². The summed E-state index contributed by atoms with van der Waals surface area (Å²) in [5.41, 5.74) is 0.986. The second-order valence-corrected chi connectivity index (χ2v) is 6.70. The molecule has 0 saturated heterocycles. The monoisotopic (exact) mass is 378 g/mol. The molecule has 3 rings (SSSR count). The van der Waals surface area contributed by atoms with Crippen molar-refractivity contribution in [2.24, 2.45) is 0 Å². The minimum absolute atomic E-state index is 0.338. The Balaban J connectivity index is 2.11. The Labute approximate surface area is 153 Å². The standard InChI is InChI=1S/C18H17F3N4S/c1-24(2)13-6-4-12(5-7-13)15-10-16(18(19,20)21)23-25(15)17-9-8-14(26-3)11-22-17/h4-11H,1-3H3. The molecule has 0 amide bonds. The van der Waals surface area contributed by atoms with Gasteiger partial charge >= 0.3 is 6.18 Å². The van der Waals surface area contributed by atoms with Gasteiger partial charge in [-0.05, 0) is 36.6 Å². The van der Waals surface area contributed by atoms with Crippen LogP contribution in [0.2, 0.25) is 0 Å². The first kappa shape index (κ1) is 18.3. The molecule has 0 bridgehead atoms. The summed E-state index contributed by atoms with van der Waals surface area (Å²) >= 11 is 1.51. The van der Waals surface area contributed by atoms with E-state index in [1.54, 1.807) is 30.5 Å². The number of hydrogen-bond acceptors (Lipinski definition) is 4. The molecule has 0 fully saturated rings. The maximum Gasteiger partial charge on any atom is 0.435 e. The van der Waals surface area contributed by atoms with E-state index >= 15 is 0 Å². The molecule has 26 heavy (non-hydrogen) atoms. The van der Waals surface area contributed by atoms with Crippen LogP contribution in [0.15, 0.2) is 53.6 Å². The number of halogens is 3. The Bertz CT molecular complexity index is 884. The van der Waals surface area contributed by atoms with E-state index < -0.39 is 11.9 Å². The Morgan fingerprint density at radius 2 is 1.73 bits per heavy atom. The fourth-order valence-corrected chi connectivity index (χ4v) is 2.81. The quantitative estimate of drug-likeness (QED) is 0.614. The van der Waals surface area contributed by atoms with Crippen LogP contribution >= 0.6 is 11.8 Å². The molecule has 0 saturated carbocycles. The van der Waals surface area contributed by atoms with Gasteiger partial charge in [-0.3, -0.25) is 0 Å². The first-order valence-electron chi connectivity index (χ1n) is 7.75. The molecule has 4 nitrogen and oxygen atoms in total. The van der Waals surface area contributed by atoms with Crippen molar-refractivity contribution in [3.05, 3.63) is 54.4 Å². The van der Waals surface area contributed by atoms with Gasteiger partial charge in [0.15, 0.2) is 11.5 Å². The zero-order valence-electron chi connectivity index (χ0n) is 14.4. The van der Waals surface area contributed by atoms with Crippen molar-refractivity contribution in [1.82, 2.24) is 14.8 Å². The lowest BCUT2D eigenvalue weighted by Gasteiger charge is -2.13. The summed E-state index contributed by atoms with van der Waals surface area (Å²) in [6, 6.07) is 11.8. The van der Waals surface area contributed by atoms with Crippen molar-refractivity contribution in [3.63, 3.8) is 0 Å². The van der Waals surface area contributed by atoms with Gasteiger partial charge in [-0.2, -0.15) is 18.3 Å². The molecule has 0 aliphatic rings. The van der Waals surface area contributed by atoms with Gasteiger partial charge in [0.1, 0.15) is 0 Å². The van der Waals surface area contributed by atoms with Crippen molar-refractivity contribution < 1.29 is 13.2 Å². The van der Waals surface area contributed by atoms with Crippen molar-refractivity contribution in [3.8, 4) is 17.1 Å². The second-order valence-electron chi connectivity index (χ2n) is 5.82. The number of rotatable bonds is 4. The molecule has 3 aromatic rings. The van der Waals surface area contributed by atoms with Gasteiger partial charge in [0, 0.05) is 36.4 Å². The zero-order valence-corrected chi connectivity index (χ0v) is 15.3. The number of hydrogen-bond donors (Lipinski definition) is 0. The van der Waals surface area contributed by atoms with E-state index in [1.165, 1.54) is 16.4 Å². The Morgan fingerprint density at radius 1 is 1.04 bits per heavy atom. The van der Waals surface area contributed by atoms with Crippen LogP contribution in [0.1, 0.15) is 5.69 Å². The molecule has 0 aliphatic carbocycles. The van der Waals surface area contributed by atoms with Gasteiger partial charge in [0.05, 0.1) is 5.69 Å². The topological polar surface area (TPSA) is 34.0 Å². The van der Waals surface area contributed by atoms with E-state index in [-0.39, 0.29) is 0 Å². The first-order chi connectivity index (χ1) is 12.3. The van der Waals surface area contributed by atoms with Gasteiger partial charge in [-0.25, -0.2) is 9.67 Å². The molecule has 2 aromatic heterocycles. The average Bonchev–Trinajstić information content (AvgIpc) is 3.07. The lowest BCUT2D eigenvalue weighted by atomic mass is 10.1. The smallest absolute Gasteiger partial charge is 0.378 e. The lowest BCUT2D eigenvalue weighted by molar-refractivity contribution is -0.141. The maximum atomic E-state index is 13.2. The molecule has 0 N–H and O–H groups in total. The molecular weight excluding hydrogens is 361 g/mol. The summed E-state index contributed by atoms with van der Waals surface area (Å²) in [6.07, 6.45) is -0.999. The predicted molar refractivity (Wildman–Crippen MR) is 97.9 cm³/mol. The molecule has 0 spiro atoms. The van der Waals surface area contributed by atoms with Crippen molar-refractivity contribution in [1.29, 1.82) is 0 Å². The largest absolute Gasteiger partial charge is 0.435 e. The number of alkyl halides is 3. The van der Waals surface area contributed by atoms with Crippen LogP contribution in [0, 0.1) is 0 Å². The highest BCUT2D eigenvalue weighted by molar-refractivity contribution is 7.98. The predicted octanol–water partition coefficient (Wildman–Crippen LogP) is 4.74. The summed E-state index contributed by atoms with van der Waals surface area (Å²) in [4.78, 5) is 7.10. The fraction of sp³-hybridized carbons (Fsp3) is 0.222. The molecular formula is C18H17F3N4S. The molecule has 136 valence electrons. The third kappa shape index (κ3) is 3.70. The number of aromatic nitrogens is 3. The third-order valence-corrected chi connectivity index (χ3v) is 4.57. The van der Waals surface area contributed by atoms with Crippen molar-refractivity contribution >= 4 is 17.4 Å². The van der Waals surface area contributed by atoms with Crippen LogP contribution in [0.4, 0.5) is 18.9 Å². The van der Waals surface area contributed by atoms with Crippen LogP contribution in [-0.2, 0) is 6.18 Å². The summed E-state index contributed by atoms with van der Waals surface area (Å²) in [6.45, 7) is 0. The van der Waals surface area contributed by atoms with Crippen LogP contribution in [-0.4, -0.2) is 35.1 Å². The zero-order chi connectivity index (χ0) is 18.9. The highest BCUT2D eigenvalue weighted by atomic mass is 32.2. The molecule has 0 unspecified atom stereocenters. The van der Waals surface area contributed by atoms with Gasteiger partial charge in [0.2, 0.25) is 0 Å². The lowest BCUT2D eigenvalue weighted by Crippen LogP contribution is -2.08. The third-order valence-electron chi connectivity index (χ3n) is 3.85. The van der Waals surface area contributed by atoms with E-state index in [1.807, 2.05) is 37.4 Å². The molecule has 8 heteroatoms. The van der Waals surface area contributed by atoms with E-state index in [4.69, 9.17) is 0 Å². The van der Waals surface area contributed by atoms with Crippen molar-refractivity contribution in [2.75, 3.05) is 25.3 Å². The summed E-state index contributed by atoms with van der Waals surface area (Å²) in [5.74, 6) is 0.338. The van der Waals surface area contributed by atoms with E-state index in [0.29, 0.717) is 17.1 Å². The molecule has 1 aromatic carbocycles. The van der Waals surface area contributed by atoms with Crippen molar-refractivity contribution in [2.45, 2.75) is 11.1 Å². The van der Waals surface area contributed by atoms with Gasteiger partial charge < -0.3 is 4.90 Å². The van der Waals surface area contributed by atoms with E-state index in [0.717, 1.165) is 16.6 Å². The maximum absolute atomic E-state index is 13.2. The number of nitrogens with zero attached hydrogens (tertiary/aromatic N) is 4. The number of thioether (sulfide) groups is 1. The highest BCUT2D eigenvalue weighted by Crippen LogP contribution is 2.33. The summed E-state index contributed by atoms with van der Waals surface area (Å²) < 4.78 is 40.8. The average molecular weight is 378 g/mol. The number of anilines is 1. The molecule has 0 atom stereocenters. The second kappa shape index (κ2) is 7.03. The minimum atomic E-state index is -4.53. The normalized spacial score (nSPS) is 11.6. The first-order valence-corrected chi connectivity index (χ1v) is 8.97. The Hall–Kier alpha value is -2.48.